The molecule has 2 aromatic carbocycles. The molecule has 0 aliphatic heterocycles. The molecule has 154 valence electrons. The normalized spacial score (nSPS) is 11.7. The molecule has 0 saturated carbocycles. The zero-order valence-corrected chi connectivity index (χ0v) is 17.7. The largest absolute Gasteiger partial charge is 0.454 e. The quantitative estimate of drug-likeness (QED) is 0.670. The number of esters is 1. The number of ether oxygens (including phenoxy) is 1. The van der Waals surface area contributed by atoms with E-state index in [9.17, 15) is 14.4 Å². The number of rotatable bonds is 7. The van der Waals surface area contributed by atoms with E-state index >= 15 is 0 Å². The van der Waals surface area contributed by atoms with Gasteiger partial charge in [-0.2, -0.15) is 0 Å². The second-order valence-corrected chi connectivity index (χ2v) is 7.49. The van der Waals surface area contributed by atoms with Crippen LogP contribution in [0.3, 0.4) is 0 Å². The van der Waals surface area contributed by atoms with Gasteiger partial charge in [-0.05, 0) is 49.1 Å². The Labute approximate surface area is 175 Å². The summed E-state index contributed by atoms with van der Waals surface area (Å²) < 4.78 is 5.14. The molecule has 0 aromatic heterocycles. The molecule has 6 nitrogen and oxygen atoms in total. The summed E-state index contributed by atoms with van der Waals surface area (Å²) in [5.74, 6) is -1.86. The van der Waals surface area contributed by atoms with Gasteiger partial charge in [0, 0.05) is 5.69 Å². The molecule has 1 atom stereocenters. The minimum absolute atomic E-state index is 0.240. The van der Waals surface area contributed by atoms with Gasteiger partial charge in [0.2, 0.25) is 0 Å². The van der Waals surface area contributed by atoms with Crippen LogP contribution in [0.5, 0.6) is 0 Å². The van der Waals surface area contributed by atoms with Crippen molar-refractivity contribution in [2.45, 2.75) is 33.7 Å². The van der Waals surface area contributed by atoms with Crippen LogP contribution in [0.25, 0.3) is 0 Å². The van der Waals surface area contributed by atoms with Gasteiger partial charge >= 0.3 is 5.97 Å². The number of amides is 2. The third-order valence-electron chi connectivity index (χ3n) is 4.55. The van der Waals surface area contributed by atoms with E-state index in [1.165, 1.54) is 0 Å². The molecular weight excluding hydrogens is 392 g/mol. The Hall–Kier alpha value is -2.86. The second-order valence-electron chi connectivity index (χ2n) is 7.08. The van der Waals surface area contributed by atoms with E-state index in [1.54, 1.807) is 44.2 Å². The van der Waals surface area contributed by atoms with Crippen LogP contribution in [-0.4, -0.2) is 30.4 Å². The smallest absolute Gasteiger partial charge is 0.329 e. The predicted molar refractivity (Wildman–Crippen MR) is 113 cm³/mol. The fourth-order valence-electron chi connectivity index (χ4n) is 2.66. The van der Waals surface area contributed by atoms with Crippen molar-refractivity contribution in [3.05, 3.63) is 64.2 Å². The number of hydrogen-bond acceptors (Lipinski definition) is 4. The van der Waals surface area contributed by atoms with Crippen molar-refractivity contribution in [3.8, 4) is 0 Å². The molecule has 0 unspecified atom stereocenters. The fourth-order valence-corrected chi connectivity index (χ4v) is 2.88. The first-order chi connectivity index (χ1) is 13.7. The lowest BCUT2D eigenvalue weighted by Crippen LogP contribution is -2.46. The van der Waals surface area contributed by atoms with Crippen molar-refractivity contribution in [2.24, 2.45) is 5.92 Å². The Morgan fingerprint density at radius 1 is 1.03 bits per heavy atom. The third-order valence-corrected chi connectivity index (χ3v) is 4.88. The van der Waals surface area contributed by atoms with Crippen molar-refractivity contribution >= 4 is 35.1 Å². The lowest BCUT2D eigenvalue weighted by atomic mass is 10.0. The molecule has 0 aliphatic carbocycles. The van der Waals surface area contributed by atoms with Gasteiger partial charge in [-0.3, -0.25) is 9.59 Å². The van der Waals surface area contributed by atoms with E-state index in [2.05, 4.69) is 10.6 Å². The van der Waals surface area contributed by atoms with Gasteiger partial charge in [0.15, 0.2) is 6.61 Å². The van der Waals surface area contributed by atoms with E-state index in [1.807, 2.05) is 26.0 Å². The molecule has 0 saturated heterocycles. The van der Waals surface area contributed by atoms with Gasteiger partial charge in [-0.15, -0.1) is 0 Å². The standard InChI is InChI=1S/C22H25ClN2O4/c1-13(2)20(25-21(27)16-9-5-6-10-17(16)23)22(28)29-12-19(26)24-18-11-7-8-14(3)15(18)4/h5-11,13,20H,12H2,1-4H3,(H,24,26)(H,25,27)/t20-/m0/s1. The van der Waals surface area contributed by atoms with E-state index in [-0.39, 0.29) is 16.5 Å². The number of aryl methyl sites for hydroxylation is 1. The van der Waals surface area contributed by atoms with E-state index in [0.29, 0.717) is 5.69 Å². The van der Waals surface area contributed by atoms with Crippen molar-refractivity contribution in [1.82, 2.24) is 5.32 Å². The molecular formula is C22H25ClN2O4. The number of carbonyl (C=O) groups excluding carboxylic acids is 3. The van der Waals surface area contributed by atoms with Crippen molar-refractivity contribution in [1.29, 1.82) is 0 Å². The molecule has 0 radical (unpaired) electrons. The summed E-state index contributed by atoms with van der Waals surface area (Å²) in [5.41, 5.74) is 2.92. The summed E-state index contributed by atoms with van der Waals surface area (Å²) in [5, 5.41) is 5.65. The maximum absolute atomic E-state index is 12.5. The molecule has 7 heteroatoms. The minimum atomic E-state index is -0.910. The van der Waals surface area contributed by atoms with Crippen LogP contribution in [0.2, 0.25) is 5.02 Å². The number of nitrogens with one attached hydrogen (secondary N) is 2. The van der Waals surface area contributed by atoms with E-state index < -0.39 is 30.4 Å². The summed E-state index contributed by atoms with van der Waals surface area (Å²) in [6.45, 7) is 6.94. The fraction of sp³-hybridized carbons (Fsp3) is 0.318. The summed E-state index contributed by atoms with van der Waals surface area (Å²) in [6.07, 6.45) is 0. The summed E-state index contributed by atoms with van der Waals surface area (Å²) in [7, 11) is 0. The molecule has 0 aliphatic rings. The number of carbonyl (C=O) groups is 3. The highest BCUT2D eigenvalue weighted by Crippen LogP contribution is 2.18. The van der Waals surface area contributed by atoms with Gasteiger partial charge in [-0.1, -0.05) is 49.7 Å². The Balaban J connectivity index is 1.97. The molecule has 0 heterocycles. The first kappa shape index (κ1) is 22.4. The number of anilines is 1. The van der Waals surface area contributed by atoms with Crippen LogP contribution in [0.15, 0.2) is 42.5 Å². The second kappa shape index (κ2) is 10.1. The van der Waals surface area contributed by atoms with Gasteiger partial charge in [0.25, 0.3) is 11.8 Å². The zero-order valence-electron chi connectivity index (χ0n) is 16.9. The van der Waals surface area contributed by atoms with Crippen LogP contribution in [0.4, 0.5) is 5.69 Å². The van der Waals surface area contributed by atoms with Crippen molar-refractivity contribution in [2.75, 3.05) is 11.9 Å². The van der Waals surface area contributed by atoms with Gasteiger partial charge in [0.05, 0.1) is 10.6 Å². The lowest BCUT2D eigenvalue weighted by Gasteiger charge is -2.21. The van der Waals surface area contributed by atoms with Gasteiger partial charge in [0.1, 0.15) is 6.04 Å². The average Bonchev–Trinajstić information content (AvgIpc) is 2.67. The number of hydrogen-bond donors (Lipinski definition) is 2. The molecule has 2 N–H and O–H groups in total. The monoisotopic (exact) mass is 416 g/mol. The van der Waals surface area contributed by atoms with Crippen LogP contribution >= 0.6 is 11.6 Å². The van der Waals surface area contributed by atoms with Gasteiger partial charge in [-0.25, -0.2) is 4.79 Å². The Morgan fingerprint density at radius 2 is 1.72 bits per heavy atom. The van der Waals surface area contributed by atoms with E-state index in [0.717, 1.165) is 11.1 Å². The average molecular weight is 417 g/mol. The lowest BCUT2D eigenvalue weighted by molar-refractivity contribution is -0.150. The molecule has 0 fully saturated rings. The first-order valence-corrected chi connectivity index (χ1v) is 9.66. The SMILES string of the molecule is Cc1cccc(NC(=O)COC(=O)[C@@H](NC(=O)c2ccccc2Cl)C(C)C)c1C. The molecule has 2 rings (SSSR count). The summed E-state index contributed by atoms with van der Waals surface area (Å²) >= 11 is 6.04. The van der Waals surface area contributed by atoms with Crippen LogP contribution in [0.1, 0.15) is 35.3 Å². The van der Waals surface area contributed by atoms with E-state index in [4.69, 9.17) is 16.3 Å². The molecule has 0 bridgehead atoms. The molecule has 2 amide bonds. The Morgan fingerprint density at radius 3 is 2.38 bits per heavy atom. The highest BCUT2D eigenvalue weighted by Gasteiger charge is 2.27. The molecule has 0 spiro atoms. The zero-order chi connectivity index (χ0) is 21.6. The highest BCUT2D eigenvalue weighted by atomic mass is 35.5. The summed E-state index contributed by atoms with van der Waals surface area (Å²) in [4.78, 5) is 37.1. The number of benzene rings is 2. The highest BCUT2D eigenvalue weighted by molar-refractivity contribution is 6.33. The Kier molecular flexibility index (Phi) is 7.79. The predicted octanol–water partition coefficient (Wildman–Crippen LogP) is 3.89. The van der Waals surface area contributed by atoms with Crippen LogP contribution < -0.4 is 10.6 Å². The maximum atomic E-state index is 12.5. The van der Waals surface area contributed by atoms with Crippen LogP contribution in [-0.2, 0) is 14.3 Å². The summed E-state index contributed by atoms with van der Waals surface area (Å²) in [6, 6.07) is 11.2. The van der Waals surface area contributed by atoms with Crippen molar-refractivity contribution in [3.63, 3.8) is 0 Å². The topological polar surface area (TPSA) is 84.5 Å². The van der Waals surface area contributed by atoms with Crippen LogP contribution in [0, 0.1) is 19.8 Å². The Bertz CT molecular complexity index is 911. The maximum Gasteiger partial charge on any atom is 0.329 e. The first-order valence-electron chi connectivity index (χ1n) is 9.28. The number of halogens is 1. The molecule has 2 aromatic rings. The van der Waals surface area contributed by atoms with Crippen molar-refractivity contribution < 1.29 is 19.1 Å². The molecule has 29 heavy (non-hydrogen) atoms. The minimum Gasteiger partial charge on any atom is -0.454 e. The van der Waals surface area contributed by atoms with Gasteiger partial charge < -0.3 is 15.4 Å². The third kappa shape index (κ3) is 6.06.